The summed E-state index contributed by atoms with van der Waals surface area (Å²) in [5, 5.41) is 0. The zero-order valence-corrected chi connectivity index (χ0v) is 24.1. The van der Waals surface area contributed by atoms with Crippen molar-refractivity contribution >= 4 is 11.9 Å². The molecule has 0 saturated heterocycles. The Labute approximate surface area is 233 Å². The highest BCUT2D eigenvalue weighted by atomic mass is 16.5. The van der Waals surface area contributed by atoms with Crippen molar-refractivity contribution in [3.05, 3.63) is 106 Å². The quantitative estimate of drug-likeness (QED) is 0.153. The van der Waals surface area contributed by atoms with Gasteiger partial charge in [0.1, 0.15) is 22.8 Å². The maximum atomic E-state index is 13.5. The Morgan fingerprint density at radius 3 is 2.41 bits per heavy atom. The predicted octanol–water partition coefficient (Wildman–Crippen LogP) is 8.00. The number of fused-ring (bicyclic) bond motifs is 1. The van der Waals surface area contributed by atoms with Gasteiger partial charge in [-0.25, -0.2) is 0 Å². The molecule has 0 saturated carbocycles. The molecule has 0 spiro atoms. The molecule has 204 valence electrons. The Morgan fingerprint density at radius 2 is 1.72 bits per heavy atom. The first kappa shape index (κ1) is 28.2. The molecule has 0 N–H and O–H groups in total. The van der Waals surface area contributed by atoms with Crippen LogP contribution in [0.15, 0.2) is 72.3 Å². The molecule has 0 aliphatic carbocycles. The molecule has 0 fully saturated rings. The van der Waals surface area contributed by atoms with Crippen molar-refractivity contribution < 1.29 is 19.0 Å². The summed E-state index contributed by atoms with van der Waals surface area (Å²) in [6.07, 6.45) is 10.1. The van der Waals surface area contributed by atoms with Gasteiger partial charge in [-0.15, -0.1) is 0 Å². The third kappa shape index (κ3) is 7.00. The number of hydrogen-bond acceptors (Lipinski definition) is 4. The first-order valence-corrected chi connectivity index (χ1v) is 13.7. The Balaban J connectivity index is 1.68. The number of carbonyl (C=O) groups is 1. The van der Waals surface area contributed by atoms with Crippen molar-refractivity contribution in [2.75, 3.05) is 14.2 Å². The van der Waals surface area contributed by atoms with Crippen LogP contribution in [-0.4, -0.2) is 25.6 Å². The number of allylic oxidation sites excluding steroid dienone is 3. The minimum Gasteiger partial charge on any atom is -0.496 e. The molecule has 1 aliphatic heterocycles. The number of ketones is 1. The van der Waals surface area contributed by atoms with E-state index in [0.717, 1.165) is 42.6 Å². The number of benzene rings is 3. The van der Waals surface area contributed by atoms with Crippen LogP contribution in [0.3, 0.4) is 0 Å². The largest absolute Gasteiger partial charge is 0.496 e. The highest BCUT2D eigenvalue weighted by molar-refractivity contribution is 6.09. The molecule has 0 radical (unpaired) electrons. The third-order valence-electron chi connectivity index (χ3n) is 7.31. The van der Waals surface area contributed by atoms with Gasteiger partial charge in [0.05, 0.1) is 19.8 Å². The fourth-order valence-electron chi connectivity index (χ4n) is 5.09. The van der Waals surface area contributed by atoms with E-state index in [9.17, 15) is 4.79 Å². The number of ether oxygens (including phenoxy) is 3. The summed E-state index contributed by atoms with van der Waals surface area (Å²) in [6, 6.07) is 18.4. The molecule has 4 nitrogen and oxygen atoms in total. The van der Waals surface area contributed by atoms with Crippen molar-refractivity contribution in [3.8, 4) is 17.2 Å². The Kier molecular flexibility index (Phi) is 8.96. The molecule has 1 heterocycles. The van der Waals surface area contributed by atoms with Crippen LogP contribution in [0, 0.1) is 0 Å². The minimum absolute atomic E-state index is 0.0999. The fraction of sp³-hybridized carbons (Fsp3) is 0.343. The van der Waals surface area contributed by atoms with Crippen molar-refractivity contribution in [3.63, 3.8) is 0 Å². The summed E-state index contributed by atoms with van der Waals surface area (Å²) >= 11 is 0. The van der Waals surface area contributed by atoms with Crippen molar-refractivity contribution in [2.45, 2.75) is 65.4 Å². The summed E-state index contributed by atoms with van der Waals surface area (Å²) in [5.41, 5.74) is 7.37. The second-order valence-electron chi connectivity index (χ2n) is 11.0. The zero-order chi connectivity index (χ0) is 28.0. The lowest BCUT2D eigenvalue weighted by molar-refractivity contribution is 0.0843. The molecule has 0 amide bonds. The molecule has 0 atom stereocenters. The fourth-order valence-corrected chi connectivity index (χ4v) is 5.09. The Morgan fingerprint density at radius 1 is 0.974 bits per heavy atom. The predicted molar refractivity (Wildman–Crippen MR) is 159 cm³/mol. The summed E-state index contributed by atoms with van der Waals surface area (Å²) in [6.45, 7) is 8.40. The topological polar surface area (TPSA) is 44.8 Å². The van der Waals surface area contributed by atoms with Crippen LogP contribution in [0.5, 0.6) is 17.2 Å². The standard InChI is InChI=1S/C35H40O4/c1-24(2)12-14-27-22-30(34(38-6)23-33(27)37-5)31(36)18-15-26-16-19-32-29(20-21-35(3,4)39-32)28(26)17-13-25-10-8-7-9-11-25/h7-12,15-16,18-19,22-23H,13-14,17,20-21H2,1-6H3/b18-15+. The molecular formula is C35H40O4. The smallest absolute Gasteiger partial charge is 0.189 e. The van der Waals surface area contributed by atoms with Crippen molar-refractivity contribution in [1.82, 2.24) is 0 Å². The van der Waals surface area contributed by atoms with Gasteiger partial charge in [-0.3, -0.25) is 4.79 Å². The number of rotatable bonds is 10. The van der Waals surface area contributed by atoms with Crippen LogP contribution in [0.25, 0.3) is 6.08 Å². The molecule has 4 heteroatoms. The first-order valence-electron chi connectivity index (χ1n) is 13.7. The second-order valence-corrected chi connectivity index (χ2v) is 11.0. The second kappa shape index (κ2) is 12.4. The van der Waals surface area contributed by atoms with Gasteiger partial charge in [-0.2, -0.15) is 0 Å². The first-order chi connectivity index (χ1) is 18.7. The molecule has 0 bridgehead atoms. The van der Waals surface area contributed by atoms with Crippen LogP contribution in [0.2, 0.25) is 0 Å². The summed E-state index contributed by atoms with van der Waals surface area (Å²) in [4.78, 5) is 13.5. The van der Waals surface area contributed by atoms with E-state index in [1.54, 1.807) is 26.4 Å². The molecule has 4 rings (SSSR count). The van der Waals surface area contributed by atoms with E-state index in [4.69, 9.17) is 14.2 Å². The van der Waals surface area contributed by atoms with E-state index in [2.05, 4.69) is 70.2 Å². The summed E-state index contributed by atoms with van der Waals surface area (Å²) in [7, 11) is 3.22. The van der Waals surface area contributed by atoms with E-state index in [1.165, 1.54) is 22.3 Å². The van der Waals surface area contributed by atoms with Crippen LogP contribution in [0.1, 0.15) is 72.3 Å². The molecule has 3 aromatic rings. The lowest BCUT2D eigenvalue weighted by atomic mass is 9.87. The van der Waals surface area contributed by atoms with Gasteiger partial charge < -0.3 is 14.2 Å². The molecular weight excluding hydrogens is 484 g/mol. The average Bonchev–Trinajstić information content (AvgIpc) is 2.93. The molecule has 3 aromatic carbocycles. The van der Waals surface area contributed by atoms with Gasteiger partial charge in [0, 0.05) is 6.07 Å². The third-order valence-corrected chi connectivity index (χ3v) is 7.31. The van der Waals surface area contributed by atoms with Crippen molar-refractivity contribution in [2.24, 2.45) is 0 Å². The molecule has 1 aliphatic rings. The van der Waals surface area contributed by atoms with E-state index < -0.39 is 0 Å². The van der Waals surface area contributed by atoms with Crippen LogP contribution < -0.4 is 14.2 Å². The summed E-state index contributed by atoms with van der Waals surface area (Å²) in [5.74, 6) is 2.08. The monoisotopic (exact) mass is 524 g/mol. The zero-order valence-electron chi connectivity index (χ0n) is 24.1. The van der Waals surface area contributed by atoms with Gasteiger partial charge in [-0.1, -0.05) is 54.1 Å². The van der Waals surface area contributed by atoms with Crippen molar-refractivity contribution in [1.29, 1.82) is 0 Å². The molecule has 0 unspecified atom stereocenters. The number of methoxy groups -OCH3 is 2. The normalized spacial score (nSPS) is 13.9. The average molecular weight is 525 g/mol. The van der Waals surface area contributed by atoms with Crippen LogP contribution >= 0.6 is 0 Å². The highest BCUT2D eigenvalue weighted by Crippen LogP contribution is 2.37. The van der Waals surface area contributed by atoms with Crippen LogP contribution in [-0.2, 0) is 25.7 Å². The number of carbonyl (C=O) groups excluding carboxylic acids is 1. The highest BCUT2D eigenvalue weighted by Gasteiger charge is 2.28. The number of aryl methyl sites for hydroxylation is 1. The Hall–Kier alpha value is -3.79. The maximum absolute atomic E-state index is 13.5. The SMILES string of the molecule is COc1cc(OC)c(C(=O)/C=C/c2ccc3c(c2CCc2ccccc2)CCC(C)(C)O3)cc1CC=C(C)C. The lowest BCUT2D eigenvalue weighted by Crippen LogP contribution is -2.33. The van der Waals surface area contributed by atoms with Gasteiger partial charge >= 0.3 is 0 Å². The summed E-state index contributed by atoms with van der Waals surface area (Å²) < 4.78 is 17.5. The van der Waals surface area contributed by atoms with E-state index in [1.807, 2.05) is 18.2 Å². The van der Waals surface area contributed by atoms with Gasteiger partial charge in [0.25, 0.3) is 0 Å². The Bertz CT molecular complexity index is 1380. The van der Waals surface area contributed by atoms with E-state index in [-0.39, 0.29) is 11.4 Å². The molecule has 0 aromatic heterocycles. The van der Waals surface area contributed by atoms with Crippen LogP contribution in [0.4, 0.5) is 0 Å². The maximum Gasteiger partial charge on any atom is 0.189 e. The van der Waals surface area contributed by atoms with Gasteiger partial charge in [0.2, 0.25) is 0 Å². The minimum atomic E-state index is -0.175. The van der Waals surface area contributed by atoms with E-state index >= 15 is 0 Å². The molecule has 39 heavy (non-hydrogen) atoms. The lowest BCUT2D eigenvalue weighted by Gasteiger charge is -2.34. The van der Waals surface area contributed by atoms with E-state index in [0.29, 0.717) is 23.5 Å². The van der Waals surface area contributed by atoms with Gasteiger partial charge in [-0.05, 0) is 106 Å². The van der Waals surface area contributed by atoms with Gasteiger partial charge in [0.15, 0.2) is 5.78 Å². The number of hydrogen-bond donors (Lipinski definition) is 0.